The van der Waals surface area contributed by atoms with Crippen molar-refractivity contribution in [3.8, 4) is 11.3 Å². The molecule has 1 aliphatic rings. The average Bonchev–Trinajstić information content (AvgIpc) is 3.30. The van der Waals surface area contributed by atoms with Gasteiger partial charge in [0.15, 0.2) is 11.7 Å². The molecule has 4 rings (SSSR count). The minimum absolute atomic E-state index is 0.115. The normalized spacial score (nSPS) is 19.2. The second-order valence-electron chi connectivity index (χ2n) is 7.96. The molecule has 162 valence electrons. The van der Waals surface area contributed by atoms with Gasteiger partial charge < -0.3 is 19.9 Å². The summed E-state index contributed by atoms with van der Waals surface area (Å²) < 4.78 is 11.6. The molecule has 2 atom stereocenters. The molecule has 1 aliphatic heterocycles. The largest absolute Gasteiger partial charge is 0.373 e. The van der Waals surface area contributed by atoms with Crippen LogP contribution in [-0.2, 0) is 11.3 Å². The molecule has 0 amide bonds. The lowest BCUT2D eigenvalue weighted by Crippen LogP contribution is -2.41. The van der Waals surface area contributed by atoms with Gasteiger partial charge in [0.1, 0.15) is 5.69 Å². The van der Waals surface area contributed by atoms with Crippen molar-refractivity contribution >= 4 is 5.96 Å². The predicted molar refractivity (Wildman–Crippen MR) is 123 cm³/mol. The fourth-order valence-electron chi connectivity index (χ4n) is 3.93. The molecule has 0 aliphatic carbocycles. The third kappa shape index (κ3) is 5.52. The Bertz CT molecular complexity index is 982. The van der Waals surface area contributed by atoms with Crippen LogP contribution in [0.15, 0.2) is 70.2 Å². The quantitative estimate of drug-likeness (QED) is 0.456. The first-order chi connectivity index (χ1) is 15.2. The number of guanidine groups is 1. The van der Waals surface area contributed by atoms with Crippen molar-refractivity contribution in [2.24, 2.45) is 10.9 Å². The highest BCUT2D eigenvalue weighted by Crippen LogP contribution is 2.33. The van der Waals surface area contributed by atoms with Crippen LogP contribution in [0.2, 0.25) is 0 Å². The number of aliphatic imine (C=N–C) groups is 1. The molecule has 0 saturated carbocycles. The summed E-state index contributed by atoms with van der Waals surface area (Å²) in [6.45, 7) is 4.26. The molecule has 1 fully saturated rings. The first kappa shape index (κ1) is 21.1. The van der Waals surface area contributed by atoms with E-state index in [4.69, 9.17) is 9.26 Å². The van der Waals surface area contributed by atoms with E-state index in [-0.39, 0.29) is 6.10 Å². The first-order valence-electron chi connectivity index (χ1n) is 10.9. The van der Waals surface area contributed by atoms with E-state index in [0.29, 0.717) is 12.5 Å². The molecule has 3 aromatic rings. The Hall–Kier alpha value is -3.12. The number of ether oxygens (including phenoxy) is 1. The molecule has 1 saturated heterocycles. The molecule has 31 heavy (non-hydrogen) atoms. The van der Waals surface area contributed by atoms with Gasteiger partial charge in [-0.25, -0.2) is 0 Å². The van der Waals surface area contributed by atoms with Crippen LogP contribution < -0.4 is 10.6 Å². The average molecular weight is 419 g/mol. The number of nitrogens with one attached hydrogen (secondary N) is 2. The number of benzene rings is 2. The summed E-state index contributed by atoms with van der Waals surface area (Å²) in [5.74, 6) is 1.91. The molecule has 1 aromatic heterocycles. The van der Waals surface area contributed by atoms with Crippen LogP contribution in [0.4, 0.5) is 0 Å². The van der Waals surface area contributed by atoms with E-state index in [1.165, 1.54) is 11.1 Å². The summed E-state index contributed by atoms with van der Waals surface area (Å²) in [4.78, 5) is 4.36. The smallest absolute Gasteiger partial charge is 0.191 e. The lowest BCUT2D eigenvalue weighted by atomic mass is 9.89. The monoisotopic (exact) mass is 418 g/mol. The number of nitrogens with zero attached hydrogens (tertiary/aromatic N) is 2. The zero-order valence-electron chi connectivity index (χ0n) is 18.2. The van der Waals surface area contributed by atoms with E-state index < -0.39 is 0 Å². The molecule has 2 N–H and O–H groups in total. The van der Waals surface area contributed by atoms with Gasteiger partial charge in [0, 0.05) is 37.7 Å². The molecule has 2 unspecified atom stereocenters. The summed E-state index contributed by atoms with van der Waals surface area (Å²) in [7, 11) is 1.78. The van der Waals surface area contributed by atoms with Gasteiger partial charge in [0.25, 0.3) is 0 Å². The number of hydrogen-bond acceptors (Lipinski definition) is 4. The third-order valence-electron chi connectivity index (χ3n) is 5.66. The van der Waals surface area contributed by atoms with Gasteiger partial charge in [-0.05, 0) is 25.3 Å². The zero-order chi connectivity index (χ0) is 21.5. The third-order valence-corrected chi connectivity index (χ3v) is 5.66. The topological polar surface area (TPSA) is 71.7 Å². The van der Waals surface area contributed by atoms with E-state index >= 15 is 0 Å². The van der Waals surface area contributed by atoms with Gasteiger partial charge >= 0.3 is 0 Å². The van der Waals surface area contributed by atoms with Crippen molar-refractivity contribution in [3.05, 3.63) is 77.5 Å². The van der Waals surface area contributed by atoms with Gasteiger partial charge in [-0.2, -0.15) is 0 Å². The minimum atomic E-state index is 0.115. The highest BCUT2D eigenvalue weighted by molar-refractivity contribution is 5.79. The SMILES string of the molecule is CN=C(NCc1cc(-c2ccccc2)on1)NCC1CCCOC1c1ccc(C)cc1. The van der Waals surface area contributed by atoms with Gasteiger partial charge in [-0.1, -0.05) is 65.3 Å². The van der Waals surface area contributed by atoms with E-state index in [1.807, 2.05) is 36.4 Å². The minimum Gasteiger partial charge on any atom is -0.373 e. The van der Waals surface area contributed by atoms with E-state index in [0.717, 1.165) is 49.0 Å². The van der Waals surface area contributed by atoms with Gasteiger partial charge in [-0.15, -0.1) is 0 Å². The van der Waals surface area contributed by atoms with Crippen molar-refractivity contribution in [2.45, 2.75) is 32.4 Å². The van der Waals surface area contributed by atoms with E-state index in [2.05, 4.69) is 52.0 Å². The Balaban J connectivity index is 1.32. The second kappa shape index (κ2) is 10.3. The van der Waals surface area contributed by atoms with Crippen LogP contribution in [0.25, 0.3) is 11.3 Å². The number of hydrogen-bond donors (Lipinski definition) is 2. The van der Waals surface area contributed by atoms with Crippen LogP contribution in [0, 0.1) is 12.8 Å². The van der Waals surface area contributed by atoms with Crippen molar-refractivity contribution in [1.82, 2.24) is 15.8 Å². The van der Waals surface area contributed by atoms with Crippen molar-refractivity contribution in [2.75, 3.05) is 20.2 Å². The standard InChI is InChI=1S/C25H30N4O2/c1-18-10-12-20(13-11-18)24-21(9-6-14-30-24)16-27-25(26-2)28-17-22-15-23(31-29-22)19-7-4-3-5-8-19/h3-5,7-8,10-13,15,21,24H,6,9,14,16-17H2,1-2H3,(H2,26,27,28). The van der Waals surface area contributed by atoms with Crippen LogP contribution >= 0.6 is 0 Å². The molecule has 0 bridgehead atoms. The van der Waals surface area contributed by atoms with E-state index in [9.17, 15) is 0 Å². The molecule has 0 radical (unpaired) electrons. The van der Waals surface area contributed by atoms with Gasteiger partial charge in [0.2, 0.25) is 0 Å². The molecular weight excluding hydrogens is 388 g/mol. The lowest BCUT2D eigenvalue weighted by Gasteiger charge is -2.32. The Morgan fingerprint density at radius 3 is 2.68 bits per heavy atom. The first-order valence-corrected chi connectivity index (χ1v) is 10.9. The fraction of sp³-hybridized carbons (Fsp3) is 0.360. The Morgan fingerprint density at radius 2 is 1.90 bits per heavy atom. The molecule has 2 heterocycles. The number of aryl methyl sites for hydroxylation is 1. The van der Waals surface area contributed by atoms with Crippen LogP contribution in [0.5, 0.6) is 0 Å². The lowest BCUT2D eigenvalue weighted by molar-refractivity contribution is -0.0265. The van der Waals surface area contributed by atoms with Crippen molar-refractivity contribution in [1.29, 1.82) is 0 Å². The maximum Gasteiger partial charge on any atom is 0.191 e. The highest BCUT2D eigenvalue weighted by Gasteiger charge is 2.27. The fourth-order valence-corrected chi connectivity index (χ4v) is 3.93. The number of aromatic nitrogens is 1. The highest BCUT2D eigenvalue weighted by atomic mass is 16.5. The van der Waals surface area contributed by atoms with E-state index in [1.54, 1.807) is 7.05 Å². The molecule has 6 heteroatoms. The Labute approximate surface area is 183 Å². The zero-order valence-corrected chi connectivity index (χ0v) is 18.2. The predicted octanol–water partition coefficient (Wildman–Crippen LogP) is 4.48. The second-order valence-corrected chi connectivity index (χ2v) is 7.96. The van der Waals surface area contributed by atoms with Crippen molar-refractivity contribution < 1.29 is 9.26 Å². The number of rotatable bonds is 6. The maximum absolute atomic E-state index is 6.13. The van der Waals surface area contributed by atoms with Crippen molar-refractivity contribution in [3.63, 3.8) is 0 Å². The Morgan fingerprint density at radius 1 is 1.10 bits per heavy atom. The maximum atomic E-state index is 6.13. The molecule has 2 aromatic carbocycles. The van der Waals surface area contributed by atoms with Crippen LogP contribution in [-0.4, -0.2) is 31.3 Å². The van der Waals surface area contributed by atoms with Crippen LogP contribution in [0.1, 0.15) is 35.8 Å². The van der Waals surface area contributed by atoms with Crippen LogP contribution in [0.3, 0.4) is 0 Å². The summed E-state index contributed by atoms with van der Waals surface area (Å²) >= 11 is 0. The molecular formula is C25H30N4O2. The summed E-state index contributed by atoms with van der Waals surface area (Å²) in [5.41, 5.74) is 4.36. The summed E-state index contributed by atoms with van der Waals surface area (Å²) in [6, 6.07) is 20.6. The molecule has 0 spiro atoms. The molecule has 6 nitrogen and oxygen atoms in total. The summed E-state index contributed by atoms with van der Waals surface area (Å²) in [6.07, 6.45) is 2.33. The summed E-state index contributed by atoms with van der Waals surface area (Å²) in [5, 5.41) is 11.0. The Kier molecular flexibility index (Phi) is 6.99. The van der Waals surface area contributed by atoms with Gasteiger partial charge in [0.05, 0.1) is 12.6 Å². The van der Waals surface area contributed by atoms with Gasteiger partial charge in [-0.3, -0.25) is 4.99 Å².